The Bertz CT molecular complexity index is 886. The highest BCUT2D eigenvalue weighted by Crippen LogP contribution is 2.22. The highest BCUT2D eigenvalue weighted by Gasteiger charge is 2.13. The lowest BCUT2D eigenvalue weighted by atomic mass is 10.1. The molecule has 6 nitrogen and oxygen atoms in total. The predicted molar refractivity (Wildman–Crippen MR) is 143 cm³/mol. The van der Waals surface area contributed by atoms with Crippen LogP contribution in [-0.2, 0) is 20.7 Å². The second-order valence-corrected chi connectivity index (χ2v) is 10.1. The van der Waals surface area contributed by atoms with Crippen molar-refractivity contribution in [3.8, 4) is 5.75 Å². The molecule has 0 amide bonds. The Hall–Kier alpha value is -2.57. The van der Waals surface area contributed by atoms with Gasteiger partial charge < -0.3 is 19.1 Å². The molecule has 1 aliphatic heterocycles. The minimum absolute atomic E-state index is 0.141. The molecular weight excluding hydrogens is 440 g/mol. The third-order valence-electron chi connectivity index (χ3n) is 6.32. The van der Waals surface area contributed by atoms with Crippen molar-refractivity contribution in [2.75, 3.05) is 65.6 Å². The molecule has 3 rings (SSSR count). The third-order valence-corrected chi connectivity index (χ3v) is 6.32. The first-order valence-corrected chi connectivity index (χ1v) is 13.0. The monoisotopic (exact) mass is 483 g/mol. The number of morpholine rings is 1. The van der Waals surface area contributed by atoms with Gasteiger partial charge in [-0.25, -0.2) is 0 Å². The highest BCUT2D eigenvalue weighted by molar-refractivity contribution is 5.72. The van der Waals surface area contributed by atoms with E-state index in [2.05, 4.69) is 56.4 Å². The number of nitrogens with zero attached hydrogens (tertiary/aromatic N) is 2. The van der Waals surface area contributed by atoms with Crippen LogP contribution in [0, 0.1) is 0 Å². The number of esters is 1. The number of quaternary nitrogens is 1. The molecule has 1 fully saturated rings. The summed E-state index contributed by atoms with van der Waals surface area (Å²) < 4.78 is 17.6. The molecule has 1 aliphatic rings. The van der Waals surface area contributed by atoms with Crippen LogP contribution in [0.2, 0.25) is 0 Å². The quantitative estimate of drug-likeness (QED) is 0.209. The van der Waals surface area contributed by atoms with Gasteiger partial charge in [-0.15, -0.1) is 0 Å². The number of ether oxygens (including phenoxy) is 3. The Morgan fingerprint density at radius 1 is 0.886 bits per heavy atom. The van der Waals surface area contributed by atoms with Gasteiger partial charge in [0.2, 0.25) is 0 Å². The van der Waals surface area contributed by atoms with E-state index in [1.54, 1.807) is 0 Å². The molecule has 1 heterocycles. The molecule has 1 saturated heterocycles. The van der Waals surface area contributed by atoms with Gasteiger partial charge in [0.15, 0.2) is 0 Å². The maximum absolute atomic E-state index is 12.1. The van der Waals surface area contributed by atoms with E-state index in [1.165, 1.54) is 17.8 Å². The Balaban J connectivity index is 1.18. The molecule has 0 saturated carbocycles. The Labute approximate surface area is 211 Å². The summed E-state index contributed by atoms with van der Waals surface area (Å²) in [7, 11) is 6.39. The molecule has 192 valence electrons. The zero-order valence-corrected chi connectivity index (χ0v) is 21.8. The second kappa shape index (κ2) is 14.1. The third kappa shape index (κ3) is 9.90. The fraction of sp³-hybridized carbons (Fsp3) is 0.552. The summed E-state index contributed by atoms with van der Waals surface area (Å²) in [6.07, 6.45) is 6.92. The van der Waals surface area contributed by atoms with E-state index in [9.17, 15) is 4.79 Å². The fourth-order valence-corrected chi connectivity index (χ4v) is 4.16. The first kappa shape index (κ1) is 27.0. The van der Waals surface area contributed by atoms with Crippen LogP contribution in [0.5, 0.6) is 5.75 Å². The molecule has 0 bridgehead atoms. The first-order chi connectivity index (χ1) is 16.9. The van der Waals surface area contributed by atoms with E-state index in [1.807, 2.05) is 18.2 Å². The Morgan fingerprint density at radius 2 is 1.54 bits per heavy atom. The van der Waals surface area contributed by atoms with Gasteiger partial charge in [0.05, 0.1) is 54.0 Å². The zero-order valence-electron chi connectivity index (χ0n) is 21.8. The van der Waals surface area contributed by atoms with Crippen molar-refractivity contribution in [1.29, 1.82) is 0 Å². The minimum Gasteiger partial charge on any atom is -0.494 e. The van der Waals surface area contributed by atoms with Crippen LogP contribution in [0.4, 0.5) is 11.4 Å². The van der Waals surface area contributed by atoms with E-state index in [4.69, 9.17) is 14.2 Å². The van der Waals surface area contributed by atoms with Gasteiger partial charge in [-0.05, 0) is 42.7 Å². The van der Waals surface area contributed by atoms with Gasteiger partial charge in [0, 0.05) is 24.8 Å². The summed E-state index contributed by atoms with van der Waals surface area (Å²) in [6, 6.07) is 16.6. The number of hydrogen-bond acceptors (Lipinski definition) is 5. The molecular formula is C29H43N2O4+. The smallest absolute Gasteiger partial charge is 0.310 e. The average molecular weight is 484 g/mol. The molecule has 2 aromatic rings. The van der Waals surface area contributed by atoms with E-state index in [0.29, 0.717) is 13.0 Å². The molecule has 0 radical (unpaired) electrons. The summed E-state index contributed by atoms with van der Waals surface area (Å²) in [4.78, 5) is 14.4. The van der Waals surface area contributed by atoms with Crippen molar-refractivity contribution in [2.45, 2.75) is 44.9 Å². The van der Waals surface area contributed by atoms with Crippen LogP contribution >= 0.6 is 0 Å². The number of anilines is 1. The number of benzene rings is 2. The van der Waals surface area contributed by atoms with Crippen molar-refractivity contribution in [3.05, 3.63) is 54.1 Å². The lowest BCUT2D eigenvalue weighted by Crippen LogP contribution is -2.36. The number of carbonyl (C=O) groups is 1. The van der Waals surface area contributed by atoms with Crippen LogP contribution in [0.15, 0.2) is 48.5 Å². The van der Waals surface area contributed by atoms with E-state index >= 15 is 0 Å². The molecule has 0 aliphatic carbocycles. The van der Waals surface area contributed by atoms with Gasteiger partial charge in [0.1, 0.15) is 11.4 Å². The van der Waals surface area contributed by atoms with Crippen molar-refractivity contribution in [2.24, 2.45) is 0 Å². The molecule has 0 aromatic heterocycles. The number of rotatable bonds is 14. The topological polar surface area (TPSA) is 48.0 Å². The van der Waals surface area contributed by atoms with Crippen molar-refractivity contribution in [3.63, 3.8) is 0 Å². The summed E-state index contributed by atoms with van der Waals surface area (Å²) >= 11 is 0. The van der Waals surface area contributed by atoms with Crippen molar-refractivity contribution in [1.82, 2.24) is 4.48 Å². The average Bonchev–Trinajstić information content (AvgIpc) is 2.85. The standard InChI is InChI=1S/C29H43N2O4/c1-31(2,3)27-15-13-25(14-16-27)23-29(32)35-20-9-7-5-4-6-8-19-34-28-12-10-11-26(24-28)30-17-21-33-22-18-30/h10-16,24H,4-9,17-23H2,1-3H3/q+1. The first-order valence-electron chi connectivity index (χ1n) is 13.0. The van der Waals surface area contributed by atoms with Gasteiger partial charge in [-0.1, -0.05) is 43.9 Å². The maximum Gasteiger partial charge on any atom is 0.310 e. The normalized spacial score (nSPS) is 14.1. The van der Waals surface area contributed by atoms with Gasteiger partial charge >= 0.3 is 5.97 Å². The number of unbranched alkanes of at least 4 members (excludes halogenated alkanes) is 5. The lowest BCUT2D eigenvalue weighted by Gasteiger charge is -2.29. The van der Waals surface area contributed by atoms with Gasteiger partial charge in [0.25, 0.3) is 0 Å². The maximum atomic E-state index is 12.1. The van der Waals surface area contributed by atoms with Crippen LogP contribution in [0.1, 0.15) is 44.1 Å². The van der Waals surface area contributed by atoms with Crippen LogP contribution in [0.25, 0.3) is 0 Å². The van der Waals surface area contributed by atoms with Crippen molar-refractivity contribution < 1.29 is 19.0 Å². The van der Waals surface area contributed by atoms with E-state index in [0.717, 1.165) is 80.8 Å². The highest BCUT2D eigenvalue weighted by atomic mass is 16.5. The second-order valence-electron chi connectivity index (χ2n) is 10.1. The SMILES string of the molecule is C[N+](C)(C)c1ccc(CC(=O)OCCCCCCCCOc2cccc(N3CCOCC3)c2)cc1. The summed E-state index contributed by atoms with van der Waals surface area (Å²) in [6.45, 7) is 4.72. The molecule has 2 aromatic carbocycles. The van der Waals surface area contributed by atoms with Crippen LogP contribution < -0.4 is 14.1 Å². The molecule has 0 N–H and O–H groups in total. The molecule has 0 spiro atoms. The van der Waals surface area contributed by atoms with Crippen molar-refractivity contribution >= 4 is 17.3 Å². The molecule has 35 heavy (non-hydrogen) atoms. The number of hydrogen-bond donors (Lipinski definition) is 0. The summed E-state index contributed by atoms with van der Waals surface area (Å²) in [5.41, 5.74) is 3.43. The van der Waals surface area contributed by atoms with E-state index in [-0.39, 0.29) is 5.97 Å². The molecule has 0 atom stereocenters. The largest absolute Gasteiger partial charge is 0.494 e. The number of carbonyl (C=O) groups excluding carboxylic acids is 1. The fourth-order valence-electron chi connectivity index (χ4n) is 4.16. The summed E-state index contributed by atoms with van der Waals surface area (Å²) in [5.74, 6) is 0.804. The lowest BCUT2D eigenvalue weighted by molar-refractivity contribution is -0.142. The molecule has 6 heteroatoms. The Kier molecular flexibility index (Phi) is 10.9. The van der Waals surface area contributed by atoms with Crippen LogP contribution in [0.3, 0.4) is 0 Å². The summed E-state index contributed by atoms with van der Waals surface area (Å²) in [5, 5.41) is 0. The predicted octanol–water partition coefficient (Wildman–Crippen LogP) is 5.23. The molecule has 0 unspecified atom stereocenters. The zero-order chi connectivity index (χ0) is 24.9. The minimum atomic E-state index is -0.141. The van der Waals surface area contributed by atoms with Gasteiger partial charge in [-0.3, -0.25) is 9.28 Å². The van der Waals surface area contributed by atoms with Gasteiger partial charge in [-0.2, -0.15) is 0 Å². The Morgan fingerprint density at radius 3 is 2.23 bits per heavy atom. The van der Waals surface area contributed by atoms with E-state index < -0.39 is 0 Å². The van der Waals surface area contributed by atoms with Crippen LogP contribution in [-0.4, -0.2) is 66.6 Å².